The summed E-state index contributed by atoms with van der Waals surface area (Å²) in [6.07, 6.45) is 0.562. The fraction of sp³-hybridized carbons (Fsp3) is 0.267. The Kier molecular flexibility index (Phi) is 4.49. The summed E-state index contributed by atoms with van der Waals surface area (Å²) in [5.41, 5.74) is 2.13. The monoisotopic (exact) mass is 287 g/mol. The smallest absolute Gasteiger partial charge is 0.280 e. The number of hydrogen-bond acceptors (Lipinski definition) is 4. The number of hydrogen-bond donors (Lipinski definition) is 3. The Hall–Kier alpha value is -2.47. The zero-order valence-corrected chi connectivity index (χ0v) is 11.9. The molecule has 6 heteroatoms. The van der Waals surface area contributed by atoms with E-state index < -0.39 is 11.5 Å². The van der Waals surface area contributed by atoms with Crippen molar-refractivity contribution in [1.82, 2.24) is 9.97 Å². The summed E-state index contributed by atoms with van der Waals surface area (Å²) in [4.78, 5) is 30.5. The lowest BCUT2D eigenvalue weighted by atomic mass is 10.1. The zero-order chi connectivity index (χ0) is 15.4. The van der Waals surface area contributed by atoms with E-state index in [0.29, 0.717) is 23.5 Å². The Labute approximate surface area is 121 Å². The van der Waals surface area contributed by atoms with Gasteiger partial charge in [-0.1, -0.05) is 12.1 Å². The summed E-state index contributed by atoms with van der Waals surface area (Å²) in [6, 6.07) is 7.06. The Balaban J connectivity index is 2.18. The van der Waals surface area contributed by atoms with Crippen LogP contribution in [0.25, 0.3) is 0 Å². The molecule has 0 atom stereocenters. The lowest BCUT2D eigenvalue weighted by Crippen LogP contribution is -2.26. The van der Waals surface area contributed by atoms with Gasteiger partial charge in [0, 0.05) is 18.0 Å². The number of aryl methyl sites for hydroxylation is 2. The maximum Gasteiger partial charge on any atom is 0.280 e. The van der Waals surface area contributed by atoms with Crippen LogP contribution in [0.2, 0.25) is 0 Å². The number of aromatic nitrogens is 2. The standard InChI is InChI=1S/C15H17N3O3/c1-9-10(2)17-14(20)13(16-9)15(21)18-12-5-3-11(4-6-12)7-8-19/h3-6,19H,7-8H2,1-2H3,(H,17,20)(H,18,21). The van der Waals surface area contributed by atoms with Crippen LogP contribution in [0.4, 0.5) is 5.69 Å². The maximum absolute atomic E-state index is 12.1. The first kappa shape index (κ1) is 14.9. The number of H-pyrrole nitrogens is 1. The molecule has 1 amide bonds. The fourth-order valence-corrected chi connectivity index (χ4v) is 1.85. The maximum atomic E-state index is 12.1. The minimum absolute atomic E-state index is 0.0770. The molecule has 3 N–H and O–H groups in total. The number of amides is 1. The van der Waals surface area contributed by atoms with Crippen LogP contribution in [-0.2, 0) is 6.42 Å². The van der Waals surface area contributed by atoms with E-state index >= 15 is 0 Å². The van der Waals surface area contributed by atoms with Gasteiger partial charge in [0.15, 0.2) is 5.69 Å². The van der Waals surface area contributed by atoms with Crippen molar-refractivity contribution >= 4 is 11.6 Å². The molecule has 2 rings (SSSR count). The third kappa shape index (κ3) is 3.55. The molecule has 0 aliphatic heterocycles. The highest BCUT2D eigenvalue weighted by atomic mass is 16.3. The second-order valence-electron chi connectivity index (χ2n) is 4.75. The molecule has 0 spiro atoms. The van der Waals surface area contributed by atoms with E-state index in [2.05, 4.69) is 15.3 Å². The number of aliphatic hydroxyl groups excluding tert-OH is 1. The molecule has 0 saturated heterocycles. The zero-order valence-electron chi connectivity index (χ0n) is 11.9. The largest absolute Gasteiger partial charge is 0.396 e. The molecule has 6 nitrogen and oxygen atoms in total. The van der Waals surface area contributed by atoms with Gasteiger partial charge in [0.2, 0.25) is 0 Å². The molecule has 0 aliphatic rings. The van der Waals surface area contributed by atoms with Gasteiger partial charge in [0.1, 0.15) is 0 Å². The van der Waals surface area contributed by atoms with Crippen LogP contribution in [0.1, 0.15) is 27.4 Å². The predicted octanol–water partition coefficient (Wildman–Crippen LogP) is 1.17. The molecule has 0 bridgehead atoms. The molecular weight excluding hydrogens is 270 g/mol. The molecule has 21 heavy (non-hydrogen) atoms. The third-order valence-corrected chi connectivity index (χ3v) is 3.17. The average molecular weight is 287 g/mol. The van der Waals surface area contributed by atoms with E-state index in [0.717, 1.165) is 5.56 Å². The van der Waals surface area contributed by atoms with E-state index in [1.54, 1.807) is 26.0 Å². The molecule has 1 aromatic carbocycles. The quantitative estimate of drug-likeness (QED) is 0.786. The van der Waals surface area contributed by atoms with Gasteiger partial charge in [0.25, 0.3) is 11.5 Å². The van der Waals surface area contributed by atoms with E-state index in [1.165, 1.54) is 0 Å². The number of anilines is 1. The highest BCUT2D eigenvalue weighted by Crippen LogP contribution is 2.10. The number of nitrogens with one attached hydrogen (secondary N) is 2. The Bertz CT molecular complexity index is 705. The normalized spacial score (nSPS) is 10.4. The number of rotatable bonds is 4. The second kappa shape index (κ2) is 6.32. The van der Waals surface area contributed by atoms with Crippen LogP contribution in [-0.4, -0.2) is 27.6 Å². The van der Waals surface area contributed by atoms with E-state index in [9.17, 15) is 9.59 Å². The van der Waals surface area contributed by atoms with Crippen molar-refractivity contribution in [2.24, 2.45) is 0 Å². The summed E-state index contributed by atoms with van der Waals surface area (Å²) in [6.45, 7) is 3.53. The van der Waals surface area contributed by atoms with Gasteiger partial charge in [-0.3, -0.25) is 9.59 Å². The van der Waals surface area contributed by atoms with Crippen molar-refractivity contribution in [2.75, 3.05) is 11.9 Å². The van der Waals surface area contributed by atoms with Gasteiger partial charge >= 0.3 is 0 Å². The first-order chi connectivity index (χ1) is 10.0. The molecule has 0 unspecified atom stereocenters. The number of benzene rings is 1. The van der Waals surface area contributed by atoms with E-state index in [1.807, 2.05) is 12.1 Å². The van der Waals surface area contributed by atoms with Crippen molar-refractivity contribution in [2.45, 2.75) is 20.3 Å². The average Bonchev–Trinajstić information content (AvgIpc) is 2.45. The van der Waals surface area contributed by atoms with Crippen molar-refractivity contribution in [3.05, 3.63) is 57.3 Å². The van der Waals surface area contributed by atoms with Gasteiger partial charge in [-0.05, 0) is 38.0 Å². The van der Waals surface area contributed by atoms with Crippen LogP contribution in [0.15, 0.2) is 29.1 Å². The SMILES string of the molecule is Cc1nc(C(=O)Nc2ccc(CCO)cc2)c(=O)[nH]c1C. The molecule has 0 radical (unpaired) electrons. The summed E-state index contributed by atoms with van der Waals surface area (Å²) in [7, 11) is 0. The summed E-state index contributed by atoms with van der Waals surface area (Å²) >= 11 is 0. The van der Waals surface area contributed by atoms with Crippen molar-refractivity contribution < 1.29 is 9.90 Å². The van der Waals surface area contributed by atoms with Crippen LogP contribution in [0, 0.1) is 13.8 Å². The van der Waals surface area contributed by atoms with Gasteiger partial charge in [-0.15, -0.1) is 0 Å². The van der Waals surface area contributed by atoms with Gasteiger partial charge in [0.05, 0.1) is 5.69 Å². The molecule has 1 aromatic heterocycles. The predicted molar refractivity (Wildman–Crippen MR) is 79.5 cm³/mol. The Morgan fingerprint density at radius 1 is 1.29 bits per heavy atom. The molecule has 2 aromatic rings. The highest BCUT2D eigenvalue weighted by molar-refractivity contribution is 6.02. The van der Waals surface area contributed by atoms with Crippen molar-refractivity contribution in [1.29, 1.82) is 0 Å². The topological polar surface area (TPSA) is 95.1 Å². The summed E-state index contributed by atoms with van der Waals surface area (Å²) in [5, 5.41) is 11.5. The second-order valence-corrected chi connectivity index (χ2v) is 4.75. The number of aliphatic hydroxyl groups is 1. The molecular formula is C15H17N3O3. The minimum Gasteiger partial charge on any atom is -0.396 e. The van der Waals surface area contributed by atoms with Crippen LogP contribution in [0.3, 0.4) is 0 Å². The van der Waals surface area contributed by atoms with Crippen molar-refractivity contribution in [3.8, 4) is 0 Å². The fourth-order valence-electron chi connectivity index (χ4n) is 1.85. The first-order valence-electron chi connectivity index (χ1n) is 6.60. The van der Waals surface area contributed by atoms with Crippen LogP contribution in [0.5, 0.6) is 0 Å². The number of carbonyl (C=O) groups is 1. The van der Waals surface area contributed by atoms with E-state index in [-0.39, 0.29) is 12.3 Å². The van der Waals surface area contributed by atoms with Crippen LogP contribution >= 0.6 is 0 Å². The minimum atomic E-state index is -0.547. The first-order valence-corrected chi connectivity index (χ1v) is 6.60. The number of carbonyl (C=O) groups excluding carboxylic acids is 1. The Morgan fingerprint density at radius 3 is 2.57 bits per heavy atom. The molecule has 110 valence electrons. The van der Waals surface area contributed by atoms with Gasteiger partial charge in [-0.2, -0.15) is 0 Å². The Morgan fingerprint density at radius 2 is 1.95 bits per heavy atom. The summed E-state index contributed by atoms with van der Waals surface area (Å²) in [5.74, 6) is -0.547. The lowest BCUT2D eigenvalue weighted by Gasteiger charge is -2.07. The van der Waals surface area contributed by atoms with Gasteiger partial charge in [-0.25, -0.2) is 4.98 Å². The third-order valence-electron chi connectivity index (χ3n) is 3.17. The lowest BCUT2D eigenvalue weighted by molar-refractivity contribution is 0.102. The van der Waals surface area contributed by atoms with Crippen LogP contribution < -0.4 is 10.9 Å². The molecule has 0 saturated carbocycles. The highest BCUT2D eigenvalue weighted by Gasteiger charge is 2.14. The molecule has 0 fully saturated rings. The molecule has 1 heterocycles. The van der Waals surface area contributed by atoms with E-state index in [4.69, 9.17) is 5.11 Å². The van der Waals surface area contributed by atoms with Crippen molar-refractivity contribution in [3.63, 3.8) is 0 Å². The molecule has 0 aliphatic carbocycles. The van der Waals surface area contributed by atoms with Gasteiger partial charge < -0.3 is 15.4 Å². The number of nitrogens with zero attached hydrogens (tertiary/aromatic N) is 1. The number of aromatic amines is 1. The summed E-state index contributed by atoms with van der Waals surface area (Å²) < 4.78 is 0.